The van der Waals surface area contributed by atoms with Gasteiger partial charge in [-0.1, -0.05) is 38.1 Å². The van der Waals surface area contributed by atoms with E-state index in [1.165, 1.54) is 5.56 Å². The van der Waals surface area contributed by atoms with Gasteiger partial charge in [-0.2, -0.15) is 0 Å². The van der Waals surface area contributed by atoms with Crippen molar-refractivity contribution in [2.24, 2.45) is 5.73 Å². The highest BCUT2D eigenvalue weighted by molar-refractivity contribution is 5.26. The van der Waals surface area contributed by atoms with Crippen LogP contribution in [0.15, 0.2) is 24.3 Å². The van der Waals surface area contributed by atoms with Gasteiger partial charge >= 0.3 is 0 Å². The molecule has 17 heavy (non-hydrogen) atoms. The Labute approximate surface area is 104 Å². The minimum absolute atomic E-state index is 0.215. The SMILES string of the molecule is CNCCC(N)C(O)c1ccc(C(C)C)cc1. The number of nitrogens with one attached hydrogen (secondary N) is 1. The Bertz CT molecular complexity index is 321. The molecule has 4 N–H and O–H groups in total. The summed E-state index contributed by atoms with van der Waals surface area (Å²) in [6.07, 6.45) is 0.188. The Hall–Kier alpha value is -0.900. The second-order valence-electron chi connectivity index (χ2n) is 4.82. The third kappa shape index (κ3) is 4.11. The third-order valence-electron chi connectivity index (χ3n) is 3.08. The molecule has 96 valence electrons. The van der Waals surface area contributed by atoms with Gasteiger partial charge in [0.25, 0.3) is 0 Å². The van der Waals surface area contributed by atoms with Gasteiger partial charge in [0.1, 0.15) is 0 Å². The van der Waals surface area contributed by atoms with E-state index in [9.17, 15) is 5.11 Å². The molecule has 0 spiro atoms. The molecule has 0 fully saturated rings. The zero-order valence-electron chi connectivity index (χ0n) is 11.0. The molecule has 2 atom stereocenters. The molecule has 0 aliphatic heterocycles. The molecule has 3 nitrogen and oxygen atoms in total. The predicted octanol–water partition coefficient (Wildman–Crippen LogP) is 1.78. The highest BCUT2D eigenvalue weighted by atomic mass is 16.3. The van der Waals surface area contributed by atoms with Crippen LogP contribution >= 0.6 is 0 Å². The topological polar surface area (TPSA) is 58.3 Å². The van der Waals surface area contributed by atoms with Crippen LogP contribution in [0.25, 0.3) is 0 Å². The normalized spacial score (nSPS) is 14.9. The number of hydrogen-bond acceptors (Lipinski definition) is 3. The Kier molecular flexibility index (Phi) is 5.62. The Balaban J connectivity index is 2.65. The minimum atomic E-state index is -0.579. The van der Waals surface area contributed by atoms with Crippen LogP contribution in [0.1, 0.15) is 43.4 Å². The number of nitrogens with two attached hydrogens (primary N) is 1. The van der Waals surface area contributed by atoms with Crippen LogP contribution in [-0.4, -0.2) is 24.7 Å². The minimum Gasteiger partial charge on any atom is -0.387 e. The zero-order valence-corrected chi connectivity index (χ0v) is 11.0. The fraction of sp³-hybridized carbons (Fsp3) is 0.571. The van der Waals surface area contributed by atoms with Crippen LogP contribution in [0.3, 0.4) is 0 Å². The first-order valence-electron chi connectivity index (χ1n) is 6.24. The lowest BCUT2D eigenvalue weighted by Crippen LogP contribution is -2.31. The van der Waals surface area contributed by atoms with Crippen molar-refractivity contribution in [1.82, 2.24) is 5.32 Å². The molecule has 0 amide bonds. The summed E-state index contributed by atoms with van der Waals surface area (Å²) in [6, 6.07) is 7.85. The Morgan fingerprint density at radius 2 is 1.71 bits per heavy atom. The first kappa shape index (κ1) is 14.2. The summed E-state index contributed by atoms with van der Waals surface area (Å²) < 4.78 is 0. The van der Waals surface area contributed by atoms with Crippen molar-refractivity contribution < 1.29 is 5.11 Å². The van der Waals surface area contributed by atoms with Gasteiger partial charge in [-0.05, 0) is 37.1 Å². The number of benzene rings is 1. The molecule has 1 aromatic rings. The van der Waals surface area contributed by atoms with Crippen molar-refractivity contribution in [3.8, 4) is 0 Å². The van der Waals surface area contributed by atoms with Crippen LogP contribution in [0.2, 0.25) is 0 Å². The second kappa shape index (κ2) is 6.74. The first-order valence-corrected chi connectivity index (χ1v) is 6.24. The molecule has 0 saturated heterocycles. The largest absolute Gasteiger partial charge is 0.387 e. The van der Waals surface area contributed by atoms with E-state index in [0.717, 1.165) is 18.5 Å². The van der Waals surface area contributed by atoms with Gasteiger partial charge in [-0.15, -0.1) is 0 Å². The van der Waals surface area contributed by atoms with Gasteiger partial charge in [0, 0.05) is 6.04 Å². The molecular weight excluding hydrogens is 212 g/mol. The van der Waals surface area contributed by atoms with Crippen molar-refractivity contribution in [2.75, 3.05) is 13.6 Å². The van der Waals surface area contributed by atoms with E-state index in [0.29, 0.717) is 5.92 Å². The Morgan fingerprint density at radius 1 is 1.18 bits per heavy atom. The van der Waals surface area contributed by atoms with Gasteiger partial charge in [-0.25, -0.2) is 0 Å². The van der Waals surface area contributed by atoms with E-state index in [-0.39, 0.29) is 6.04 Å². The van der Waals surface area contributed by atoms with Crippen LogP contribution in [0, 0.1) is 0 Å². The highest BCUT2D eigenvalue weighted by Gasteiger charge is 2.16. The van der Waals surface area contributed by atoms with Crippen LogP contribution < -0.4 is 11.1 Å². The lowest BCUT2D eigenvalue weighted by Gasteiger charge is -2.19. The van der Waals surface area contributed by atoms with Crippen LogP contribution in [0.5, 0.6) is 0 Å². The molecule has 0 aliphatic carbocycles. The summed E-state index contributed by atoms with van der Waals surface area (Å²) in [5.74, 6) is 0.513. The highest BCUT2D eigenvalue weighted by Crippen LogP contribution is 2.21. The molecule has 0 saturated carbocycles. The van der Waals surface area contributed by atoms with Gasteiger partial charge in [0.05, 0.1) is 6.10 Å². The smallest absolute Gasteiger partial charge is 0.0941 e. The van der Waals surface area contributed by atoms with Crippen molar-refractivity contribution in [2.45, 2.75) is 38.3 Å². The molecule has 1 rings (SSSR count). The van der Waals surface area contributed by atoms with Crippen molar-refractivity contribution >= 4 is 0 Å². The molecule has 2 unspecified atom stereocenters. The average Bonchev–Trinajstić information content (AvgIpc) is 2.35. The standard InChI is InChI=1S/C14H24N2O/c1-10(2)11-4-6-12(7-5-11)14(17)13(15)8-9-16-3/h4-7,10,13-14,16-17H,8-9,15H2,1-3H3. The summed E-state index contributed by atoms with van der Waals surface area (Å²) >= 11 is 0. The van der Waals surface area contributed by atoms with Gasteiger partial charge < -0.3 is 16.2 Å². The molecule has 0 aliphatic rings. The molecule has 0 radical (unpaired) electrons. The summed E-state index contributed by atoms with van der Waals surface area (Å²) in [4.78, 5) is 0. The number of hydrogen-bond donors (Lipinski definition) is 3. The second-order valence-corrected chi connectivity index (χ2v) is 4.82. The Morgan fingerprint density at radius 3 is 2.18 bits per heavy atom. The van der Waals surface area contributed by atoms with E-state index in [1.54, 1.807) is 0 Å². The maximum Gasteiger partial charge on any atom is 0.0941 e. The third-order valence-corrected chi connectivity index (χ3v) is 3.08. The lowest BCUT2D eigenvalue weighted by atomic mass is 9.96. The quantitative estimate of drug-likeness (QED) is 0.705. The maximum atomic E-state index is 10.1. The predicted molar refractivity (Wildman–Crippen MR) is 72.0 cm³/mol. The first-order chi connectivity index (χ1) is 8.06. The van der Waals surface area contributed by atoms with Crippen molar-refractivity contribution in [3.05, 3.63) is 35.4 Å². The van der Waals surface area contributed by atoms with Gasteiger partial charge in [0.15, 0.2) is 0 Å². The fourth-order valence-electron chi connectivity index (χ4n) is 1.79. The number of aliphatic hydroxyl groups excluding tert-OH is 1. The van der Waals surface area contributed by atoms with Crippen LogP contribution in [-0.2, 0) is 0 Å². The van der Waals surface area contributed by atoms with E-state index in [4.69, 9.17) is 5.73 Å². The lowest BCUT2D eigenvalue weighted by molar-refractivity contribution is 0.142. The van der Waals surface area contributed by atoms with Gasteiger partial charge in [-0.3, -0.25) is 0 Å². The summed E-state index contributed by atoms with van der Waals surface area (Å²) in [5, 5.41) is 13.1. The molecule has 0 bridgehead atoms. The summed E-state index contributed by atoms with van der Waals surface area (Å²) in [6.45, 7) is 5.14. The molecular formula is C14H24N2O. The molecule has 3 heteroatoms. The van der Waals surface area contributed by atoms with E-state index in [2.05, 4.69) is 31.3 Å². The zero-order chi connectivity index (χ0) is 12.8. The van der Waals surface area contributed by atoms with E-state index >= 15 is 0 Å². The number of aliphatic hydroxyl groups is 1. The fourth-order valence-corrected chi connectivity index (χ4v) is 1.79. The summed E-state index contributed by atoms with van der Waals surface area (Å²) in [7, 11) is 1.89. The monoisotopic (exact) mass is 236 g/mol. The van der Waals surface area contributed by atoms with Crippen LogP contribution in [0.4, 0.5) is 0 Å². The molecule has 1 aromatic carbocycles. The van der Waals surface area contributed by atoms with E-state index in [1.807, 2.05) is 19.2 Å². The van der Waals surface area contributed by atoms with Crippen molar-refractivity contribution in [1.29, 1.82) is 0 Å². The van der Waals surface area contributed by atoms with E-state index < -0.39 is 6.10 Å². The van der Waals surface area contributed by atoms with Gasteiger partial charge in [0.2, 0.25) is 0 Å². The molecule has 0 aromatic heterocycles. The average molecular weight is 236 g/mol. The molecule has 0 heterocycles. The maximum absolute atomic E-state index is 10.1. The summed E-state index contributed by atoms with van der Waals surface area (Å²) in [5.41, 5.74) is 8.13. The van der Waals surface area contributed by atoms with Crippen molar-refractivity contribution in [3.63, 3.8) is 0 Å². The number of rotatable bonds is 6.